The molecule has 0 radical (unpaired) electrons. The van der Waals surface area contributed by atoms with Gasteiger partial charge in [-0.15, -0.1) is 11.8 Å². The molecule has 1 unspecified atom stereocenters. The van der Waals surface area contributed by atoms with Crippen LogP contribution in [0.2, 0.25) is 0 Å². The maximum absolute atomic E-state index is 4.54. The monoisotopic (exact) mass is 286 g/mol. The van der Waals surface area contributed by atoms with E-state index in [9.17, 15) is 0 Å². The van der Waals surface area contributed by atoms with Gasteiger partial charge >= 0.3 is 0 Å². The second-order valence-electron chi connectivity index (χ2n) is 4.98. The molecule has 0 saturated heterocycles. The maximum Gasteiger partial charge on any atom is 0.0571 e. The fourth-order valence-electron chi connectivity index (χ4n) is 2.11. The topological polar surface area (TPSA) is 24.9 Å². The minimum atomic E-state index is 0.316. The lowest BCUT2D eigenvalue weighted by Gasteiger charge is -2.11. The van der Waals surface area contributed by atoms with Crippen molar-refractivity contribution in [3.63, 3.8) is 0 Å². The number of pyridine rings is 1. The van der Waals surface area contributed by atoms with Crippen LogP contribution in [0, 0.1) is 6.92 Å². The van der Waals surface area contributed by atoms with Gasteiger partial charge in [-0.3, -0.25) is 4.98 Å². The molecule has 0 saturated carbocycles. The van der Waals surface area contributed by atoms with Gasteiger partial charge in [0.15, 0.2) is 0 Å². The average Bonchev–Trinajstić information content (AvgIpc) is 2.46. The van der Waals surface area contributed by atoms with Crippen LogP contribution in [-0.2, 0) is 5.75 Å². The molecule has 0 bridgehead atoms. The van der Waals surface area contributed by atoms with Crippen molar-refractivity contribution in [1.82, 2.24) is 10.3 Å². The lowest BCUT2D eigenvalue weighted by Crippen LogP contribution is -2.18. The zero-order valence-electron chi connectivity index (χ0n) is 12.4. The predicted molar refractivity (Wildman–Crippen MR) is 87.1 cm³/mol. The molecule has 1 aromatic carbocycles. The highest BCUT2D eigenvalue weighted by Crippen LogP contribution is 2.23. The Kier molecular flexibility index (Phi) is 5.62. The molecule has 106 valence electrons. The summed E-state index contributed by atoms with van der Waals surface area (Å²) in [6, 6.07) is 13.3. The lowest BCUT2D eigenvalue weighted by atomic mass is 10.2. The summed E-state index contributed by atoms with van der Waals surface area (Å²) in [4.78, 5) is 5.76. The zero-order chi connectivity index (χ0) is 14.4. The summed E-state index contributed by atoms with van der Waals surface area (Å²) in [6.45, 7) is 7.35. The standard InChI is InChI=1S/C17H22N2S/c1-4-18-14(3)17-9-8-16(11-19-17)20-12-15-7-5-6-13(2)10-15/h5-11,14,18H,4,12H2,1-3H3. The minimum Gasteiger partial charge on any atom is -0.309 e. The number of benzene rings is 1. The maximum atomic E-state index is 4.54. The Hall–Kier alpha value is -1.32. The number of hydrogen-bond donors (Lipinski definition) is 1. The van der Waals surface area contributed by atoms with Gasteiger partial charge < -0.3 is 5.32 Å². The van der Waals surface area contributed by atoms with Crippen molar-refractivity contribution in [2.24, 2.45) is 0 Å². The second-order valence-corrected chi connectivity index (χ2v) is 6.02. The molecule has 2 rings (SSSR count). The molecule has 0 aliphatic rings. The van der Waals surface area contributed by atoms with Gasteiger partial charge in [0.05, 0.1) is 5.69 Å². The van der Waals surface area contributed by atoms with Crippen LogP contribution in [0.25, 0.3) is 0 Å². The highest BCUT2D eigenvalue weighted by Gasteiger charge is 2.05. The van der Waals surface area contributed by atoms with Gasteiger partial charge in [-0.2, -0.15) is 0 Å². The van der Waals surface area contributed by atoms with Gasteiger partial charge in [-0.25, -0.2) is 0 Å². The Morgan fingerprint density at radius 3 is 2.75 bits per heavy atom. The summed E-state index contributed by atoms with van der Waals surface area (Å²) in [5.41, 5.74) is 3.78. The molecule has 20 heavy (non-hydrogen) atoms. The molecule has 3 heteroatoms. The van der Waals surface area contributed by atoms with Crippen LogP contribution in [0.15, 0.2) is 47.5 Å². The van der Waals surface area contributed by atoms with Crippen molar-refractivity contribution >= 4 is 11.8 Å². The van der Waals surface area contributed by atoms with E-state index in [0.29, 0.717) is 6.04 Å². The first kappa shape index (κ1) is 15.1. The molecule has 1 N–H and O–H groups in total. The summed E-state index contributed by atoms with van der Waals surface area (Å²) in [6.07, 6.45) is 1.98. The normalized spacial score (nSPS) is 12.3. The van der Waals surface area contributed by atoms with Crippen LogP contribution in [0.3, 0.4) is 0 Å². The molecular formula is C17H22N2S. The molecule has 2 aromatic rings. The largest absolute Gasteiger partial charge is 0.309 e. The zero-order valence-corrected chi connectivity index (χ0v) is 13.2. The Bertz CT molecular complexity index is 537. The summed E-state index contributed by atoms with van der Waals surface area (Å²) < 4.78 is 0. The number of thioether (sulfide) groups is 1. The van der Waals surface area contributed by atoms with E-state index in [2.05, 4.69) is 67.5 Å². The highest BCUT2D eigenvalue weighted by atomic mass is 32.2. The summed E-state index contributed by atoms with van der Waals surface area (Å²) in [5, 5.41) is 3.38. The van der Waals surface area contributed by atoms with Crippen LogP contribution < -0.4 is 5.32 Å². The van der Waals surface area contributed by atoms with E-state index in [-0.39, 0.29) is 0 Å². The molecule has 1 aromatic heterocycles. The average molecular weight is 286 g/mol. The third-order valence-electron chi connectivity index (χ3n) is 3.20. The van der Waals surface area contributed by atoms with Crippen LogP contribution in [0.4, 0.5) is 0 Å². The lowest BCUT2D eigenvalue weighted by molar-refractivity contribution is 0.582. The Morgan fingerprint density at radius 1 is 1.25 bits per heavy atom. The first-order chi connectivity index (χ1) is 9.69. The van der Waals surface area contributed by atoms with Crippen molar-refractivity contribution in [1.29, 1.82) is 0 Å². The van der Waals surface area contributed by atoms with E-state index in [1.54, 1.807) is 0 Å². The minimum absolute atomic E-state index is 0.316. The fraction of sp³-hybridized carbons (Fsp3) is 0.353. The van der Waals surface area contributed by atoms with Gasteiger partial charge in [0.2, 0.25) is 0 Å². The van der Waals surface area contributed by atoms with Crippen molar-refractivity contribution in [2.75, 3.05) is 6.54 Å². The third kappa shape index (κ3) is 4.36. The summed E-state index contributed by atoms with van der Waals surface area (Å²) in [5.74, 6) is 0.992. The Morgan fingerprint density at radius 2 is 2.10 bits per heavy atom. The molecule has 1 heterocycles. The smallest absolute Gasteiger partial charge is 0.0571 e. The highest BCUT2D eigenvalue weighted by molar-refractivity contribution is 7.98. The molecule has 0 fully saturated rings. The predicted octanol–water partition coefficient (Wildman–Crippen LogP) is 4.35. The number of hydrogen-bond acceptors (Lipinski definition) is 3. The molecule has 0 aliphatic heterocycles. The van der Waals surface area contributed by atoms with Crippen LogP contribution >= 0.6 is 11.8 Å². The Balaban J connectivity index is 1.94. The van der Waals surface area contributed by atoms with Gasteiger partial charge in [0.25, 0.3) is 0 Å². The van der Waals surface area contributed by atoms with E-state index in [1.165, 1.54) is 16.0 Å². The molecule has 0 aliphatic carbocycles. The Labute approximate surface area is 126 Å². The first-order valence-electron chi connectivity index (χ1n) is 7.06. The van der Waals surface area contributed by atoms with Crippen molar-refractivity contribution < 1.29 is 0 Å². The first-order valence-corrected chi connectivity index (χ1v) is 8.05. The third-order valence-corrected chi connectivity index (χ3v) is 4.25. The van der Waals surface area contributed by atoms with Gasteiger partial charge in [0, 0.05) is 22.9 Å². The van der Waals surface area contributed by atoms with Gasteiger partial charge in [-0.1, -0.05) is 36.8 Å². The summed E-state index contributed by atoms with van der Waals surface area (Å²) in [7, 11) is 0. The van der Waals surface area contributed by atoms with Crippen molar-refractivity contribution in [3.8, 4) is 0 Å². The SMILES string of the molecule is CCNC(C)c1ccc(SCc2cccc(C)c2)cn1. The van der Waals surface area contributed by atoms with Crippen LogP contribution in [0.1, 0.15) is 36.7 Å². The van der Waals surface area contributed by atoms with E-state index < -0.39 is 0 Å². The van der Waals surface area contributed by atoms with Crippen LogP contribution in [-0.4, -0.2) is 11.5 Å². The fourth-order valence-corrected chi connectivity index (χ4v) is 2.92. The van der Waals surface area contributed by atoms with Gasteiger partial charge in [-0.05, 0) is 38.1 Å². The van der Waals surface area contributed by atoms with Gasteiger partial charge in [0.1, 0.15) is 0 Å². The molecule has 0 amide bonds. The van der Waals surface area contributed by atoms with E-state index in [0.717, 1.165) is 18.0 Å². The number of aromatic nitrogens is 1. The van der Waals surface area contributed by atoms with E-state index >= 15 is 0 Å². The molecule has 1 atom stereocenters. The molecule has 2 nitrogen and oxygen atoms in total. The van der Waals surface area contributed by atoms with E-state index in [4.69, 9.17) is 0 Å². The second kappa shape index (κ2) is 7.46. The van der Waals surface area contributed by atoms with Crippen molar-refractivity contribution in [2.45, 2.75) is 37.5 Å². The summed E-state index contributed by atoms with van der Waals surface area (Å²) >= 11 is 1.83. The molecular weight excluding hydrogens is 264 g/mol. The number of nitrogens with one attached hydrogen (secondary N) is 1. The number of aryl methyl sites for hydroxylation is 1. The van der Waals surface area contributed by atoms with E-state index in [1.807, 2.05) is 18.0 Å². The van der Waals surface area contributed by atoms with Crippen molar-refractivity contribution in [3.05, 3.63) is 59.4 Å². The molecule has 0 spiro atoms. The quantitative estimate of drug-likeness (QED) is 0.799. The number of nitrogens with zero attached hydrogens (tertiary/aromatic N) is 1. The van der Waals surface area contributed by atoms with Crippen LogP contribution in [0.5, 0.6) is 0 Å². The number of rotatable bonds is 6.